The van der Waals surface area contributed by atoms with Crippen LogP contribution in [0.15, 0.2) is 200 Å². The zero-order chi connectivity index (χ0) is 40.0. The number of hydrogen-bond donors (Lipinski definition) is 2. The van der Waals surface area contributed by atoms with Gasteiger partial charge in [-0.3, -0.25) is 5.32 Å². The van der Waals surface area contributed by atoms with E-state index in [1.165, 1.54) is 93.4 Å². The summed E-state index contributed by atoms with van der Waals surface area (Å²) in [4.78, 5) is 0. The Hall–Kier alpha value is -7.20. The van der Waals surface area contributed by atoms with Crippen molar-refractivity contribution >= 4 is 49.0 Å². The Labute approximate surface area is 350 Å². The van der Waals surface area contributed by atoms with Crippen molar-refractivity contribution in [2.75, 3.05) is 0 Å². The molecule has 3 heteroatoms. The van der Waals surface area contributed by atoms with E-state index in [1.54, 1.807) is 0 Å². The van der Waals surface area contributed by atoms with E-state index in [4.69, 9.17) is 0 Å². The second kappa shape index (κ2) is 13.4. The fourth-order valence-corrected chi connectivity index (χ4v) is 10.5. The van der Waals surface area contributed by atoms with Crippen LogP contribution in [0.3, 0.4) is 0 Å². The van der Waals surface area contributed by atoms with Crippen LogP contribution in [0.5, 0.6) is 0 Å². The summed E-state index contributed by atoms with van der Waals surface area (Å²) in [6.45, 7) is 4.88. The Morgan fingerprint density at radius 3 is 1.87 bits per heavy atom. The molecule has 1 aliphatic carbocycles. The van der Waals surface area contributed by atoms with E-state index in [0.29, 0.717) is 0 Å². The van der Waals surface area contributed by atoms with Crippen molar-refractivity contribution in [3.05, 3.63) is 228 Å². The van der Waals surface area contributed by atoms with Gasteiger partial charge >= 0.3 is 0 Å². The summed E-state index contributed by atoms with van der Waals surface area (Å²) < 4.78 is 2.54. The van der Waals surface area contributed by atoms with Crippen molar-refractivity contribution in [1.82, 2.24) is 15.2 Å². The lowest BCUT2D eigenvalue weighted by Gasteiger charge is -2.33. The quantitative estimate of drug-likeness (QED) is 0.171. The largest absolute Gasteiger partial charge is 0.366 e. The topological polar surface area (TPSA) is 29.0 Å². The summed E-state index contributed by atoms with van der Waals surface area (Å²) in [6.07, 6.45) is 2.24. The lowest BCUT2D eigenvalue weighted by Crippen LogP contribution is -2.39. The fraction of sp³-hybridized carbons (Fsp3) is 0.0877. The minimum Gasteiger partial charge on any atom is -0.366 e. The standard InChI is InChI=1S/C57H43N3/c1-57(2)53-46-26-12-10-23-43(46)42-22-9-11-25-45(42)52(53)48-33-32-47-44-24-13-14-27-51(44)60(55(47)54(48)57)41-21-15-20-40(34-41)36-28-30-39(31-29-36)56-58-49(37-16-5-3-6-17-37)35-50(59-56)38-18-7-4-8-19-38/h3-35,49,56,58-59H,1-2H3. The molecule has 2 atom stereocenters. The van der Waals surface area contributed by atoms with E-state index in [9.17, 15) is 0 Å². The summed E-state index contributed by atoms with van der Waals surface area (Å²) in [6, 6.07) is 71.3. The Morgan fingerprint density at radius 2 is 1.10 bits per heavy atom. The molecule has 2 aliphatic rings. The van der Waals surface area contributed by atoms with Crippen LogP contribution in [0.4, 0.5) is 0 Å². The summed E-state index contributed by atoms with van der Waals surface area (Å²) in [5.41, 5.74) is 16.1. The molecule has 3 nitrogen and oxygen atoms in total. The monoisotopic (exact) mass is 769 g/mol. The summed E-state index contributed by atoms with van der Waals surface area (Å²) in [5.74, 6) is 0. The van der Waals surface area contributed by atoms with Gasteiger partial charge in [0.25, 0.3) is 0 Å². The number of fused-ring (bicyclic) bond motifs is 12. The molecule has 0 saturated heterocycles. The minimum atomic E-state index is -0.246. The van der Waals surface area contributed by atoms with Gasteiger partial charge in [-0.2, -0.15) is 0 Å². The molecule has 2 N–H and O–H groups in total. The number of nitrogens with one attached hydrogen (secondary N) is 2. The van der Waals surface area contributed by atoms with Crippen molar-refractivity contribution in [2.45, 2.75) is 31.5 Å². The average Bonchev–Trinajstić information content (AvgIpc) is 3.78. The maximum Gasteiger partial charge on any atom is 0.104 e. The van der Waals surface area contributed by atoms with Gasteiger partial charge in [0, 0.05) is 27.6 Å². The third-order valence-electron chi connectivity index (χ3n) is 13.2. The van der Waals surface area contributed by atoms with Gasteiger partial charge < -0.3 is 9.88 Å². The van der Waals surface area contributed by atoms with Crippen molar-refractivity contribution in [2.24, 2.45) is 0 Å². The molecule has 9 aromatic carbocycles. The molecule has 1 aromatic heterocycles. The molecule has 12 rings (SSSR count). The minimum absolute atomic E-state index is 0.0581. The molecule has 2 heterocycles. The van der Waals surface area contributed by atoms with Gasteiger partial charge in [-0.25, -0.2) is 0 Å². The zero-order valence-corrected chi connectivity index (χ0v) is 33.7. The second-order valence-electron chi connectivity index (χ2n) is 17.0. The van der Waals surface area contributed by atoms with Crippen LogP contribution in [0, 0.1) is 0 Å². The van der Waals surface area contributed by atoms with Crippen molar-refractivity contribution in [1.29, 1.82) is 0 Å². The maximum atomic E-state index is 3.87. The Kier molecular flexibility index (Phi) is 7.79. The normalized spacial score (nSPS) is 16.8. The second-order valence-corrected chi connectivity index (χ2v) is 17.0. The lowest BCUT2D eigenvalue weighted by atomic mass is 9.78. The summed E-state index contributed by atoms with van der Waals surface area (Å²) in [7, 11) is 0. The first kappa shape index (κ1) is 34.8. The molecule has 60 heavy (non-hydrogen) atoms. The molecule has 0 spiro atoms. The number of para-hydroxylation sites is 1. The predicted molar refractivity (Wildman–Crippen MR) is 251 cm³/mol. The van der Waals surface area contributed by atoms with Gasteiger partial charge in [0.15, 0.2) is 0 Å². The summed E-state index contributed by atoms with van der Waals surface area (Å²) in [5, 5.41) is 15.5. The van der Waals surface area contributed by atoms with Gasteiger partial charge in [-0.05, 0) is 95.9 Å². The smallest absolute Gasteiger partial charge is 0.104 e. The van der Waals surface area contributed by atoms with Crippen LogP contribution in [-0.2, 0) is 5.41 Å². The molecule has 0 amide bonds. The van der Waals surface area contributed by atoms with Gasteiger partial charge in [0.2, 0.25) is 0 Å². The molecular weight excluding hydrogens is 727 g/mol. The van der Waals surface area contributed by atoms with Gasteiger partial charge in [-0.15, -0.1) is 0 Å². The number of aromatic nitrogens is 1. The van der Waals surface area contributed by atoms with E-state index in [0.717, 1.165) is 11.4 Å². The number of hydrogen-bond acceptors (Lipinski definition) is 2. The van der Waals surface area contributed by atoms with Crippen LogP contribution < -0.4 is 10.6 Å². The highest BCUT2D eigenvalue weighted by Gasteiger charge is 2.41. The highest BCUT2D eigenvalue weighted by atomic mass is 15.2. The molecular formula is C57H43N3. The highest BCUT2D eigenvalue weighted by molar-refractivity contribution is 6.21. The van der Waals surface area contributed by atoms with Crippen molar-refractivity contribution < 1.29 is 0 Å². The van der Waals surface area contributed by atoms with Gasteiger partial charge in [0.1, 0.15) is 6.17 Å². The molecule has 10 aromatic rings. The molecule has 1 aliphatic heterocycles. The Balaban J connectivity index is 0.975. The Morgan fingerprint density at radius 1 is 0.467 bits per heavy atom. The van der Waals surface area contributed by atoms with Gasteiger partial charge in [0.05, 0.1) is 17.1 Å². The third-order valence-corrected chi connectivity index (χ3v) is 13.2. The average molecular weight is 770 g/mol. The van der Waals surface area contributed by atoms with Crippen LogP contribution in [0.2, 0.25) is 0 Å². The first-order valence-corrected chi connectivity index (χ1v) is 21.1. The summed E-state index contributed by atoms with van der Waals surface area (Å²) >= 11 is 0. The van der Waals surface area contributed by atoms with Gasteiger partial charge in [-0.1, -0.05) is 190 Å². The van der Waals surface area contributed by atoms with E-state index < -0.39 is 0 Å². The number of benzene rings is 9. The Bertz CT molecular complexity index is 3340. The third kappa shape index (κ3) is 5.26. The first-order chi connectivity index (χ1) is 29.5. The SMILES string of the molecule is CC1(C)c2c(c3ccccc3c3ccccc23)-c2ccc3c4ccccc4n(-c4cccc(-c5ccc(C6NC(c7ccccc7)=CC(c7ccccc7)N6)cc5)c4)c3c21. The van der Waals surface area contributed by atoms with E-state index in [1.807, 2.05) is 0 Å². The van der Waals surface area contributed by atoms with Crippen molar-refractivity contribution in [3.63, 3.8) is 0 Å². The van der Waals surface area contributed by atoms with Crippen LogP contribution >= 0.6 is 0 Å². The zero-order valence-electron chi connectivity index (χ0n) is 33.7. The van der Waals surface area contributed by atoms with Crippen LogP contribution in [0.25, 0.3) is 77.0 Å². The first-order valence-electron chi connectivity index (χ1n) is 21.1. The molecule has 0 radical (unpaired) electrons. The van der Waals surface area contributed by atoms with Crippen molar-refractivity contribution in [3.8, 4) is 27.9 Å². The maximum absolute atomic E-state index is 3.87. The van der Waals surface area contributed by atoms with Crippen LogP contribution in [0.1, 0.15) is 53.9 Å². The molecule has 0 bridgehead atoms. The molecule has 0 saturated carbocycles. The van der Waals surface area contributed by atoms with E-state index >= 15 is 0 Å². The van der Waals surface area contributed by atoms with E-state index in [-0.39, 0.29) is 17.6 Å². The van der Waals surface area contributed by atoms with Crippen LogP contribution in [-0.4, -0.2) is 4.57 Å². The molecule has 286 valence electrons. The predicted octanol–water partition coefficient (Wildman–Crippen LogP) is 14.0. The number of rotatable bonds is 5. The molecule has 0 fully saturated rings. The highest BCUT2D eigenvalue weighted by Crippen LogP contribution is 2.57. The fourth-order valence-electron chi connectivity index (χ4n) is 10.5. The van der Waals surface area contributed by atoms with E-state index in [2.05, 4.69) is 229 Å². The number of nitrogens with zero attached hydrogens (tertiary/aromatic N) is 1. The molecule has 2 unspecified atom stereocenters. The lowest BCUT2D eigenvalue weighted by molar-refractivity contribution is 0.443.